The Bertz CT molecular complexity index is 4370. The summed E-state index contributed by atoms with van der Waals surface area (Å²) >= 11 is 0. The second-order valence-electron chi connectivity index (χ2n) is 24.5. The minimum absolute atomic E-state index is 0. The molecule has 0 saturated carbocycles. The maximum Gasteiger partial charge on any atom is 0.503 e. The Balaban J connectivity index is 0.000000263. The van der Waals surface area contributed by atoms with Crippen LogP contribution in [0.15, 0.2) is 256 Å². The second kappa shape index (κ2) is 41.9. The number of halogens is 3. The topological polar surface area (TPSA) is 81.0 Å². The first-order valence-electron chi connectivity index (χ1n) is 31.0. The molecule has 1 unspecified atom stereocenters. The summed E-state index contributed by atoms with van der Waals surface area (Å²) in [7, 11) is -2.33. The zero-order valence-electron chi connectivity index (χ0n) is 57.0. The van der Waals surface area contributed by atoms with Gasteiger partial charge in [-0.05, 0) is 102 Å². The maximum absolute atomic E-state index is 12.5. The standard InChI is InChI=1S/C20H14N2.C18H20N2P.C15H17NOP.C13H14F3N2P.C12H15N2P.5Ir/c1-2-7-18-15-22(13-11-16(18)6-1)19-9-5-8-17(14-19)20-10-3-4-12-21-20;1-21(2,3)18-11-9-17(10-12-18)20-14-13-19(15-20)16-7-5-4-6-8-16;1-2-17-10-11-18-14-7-5-6-13(12-14)15-8-3-4-9-16-15;1-19(2,3)11-6-4-5-10(9-11)12-7-8-18(17-12)13(14,15)16;1-15(2,3)12-7-4-6-11(10-12)14-9-5-8-13-14;;;;;/h1-7,9-15H;4-7,9-15H,1-3H3;3-5,7-9,12,18H,2,10-11H2,1H3;4,6-9H,1-3H3;4-5,7-10H,1-3H3;;;;;/q;2*-1;;;;;;;. The van der Waals surface area contributed by atoms with Gasteiger partial charge in [-0.3, -0.25) is 4.68 Å². The van der Waals surface area contributed by atoms with Gasteiger partial charge in [0.2, 0.25) is 0 Å². The number of benzene rings is 7. The van der Waals surface area contributed by atoms with Crippen LogP contribution in [0.1, 0.15) is 6.92 Å². The van der Waals surface area contributed by atoms with Crippen molar-refractivity contribution in [3.05, 3.63) is 293 Å². The molecule has 6 heterocycles. The predicted molar refractivity (Wildman–Crippen MR) is 399 cm³/mol. The summed E-state index contributed by atoms with van der Waals surface area (Å²) in [5, 5.41) is 15.6. The number of rotatable bonds is 15. The van der Waals surface area contributed by atoms with E-state index in [1.165, 1.54) is 38.4 Å². The molecule has 0 spiro atoms. The van der Waals surface area contributed by atoms with E-state index in [-0.39, 0.29) is 111 Å². The van der Waals surface area contributed by atoms with Crippen molar-refractivity contribution in [2.24, 2.45) is 0 Å². The van der Waals surface area contributed by atoms with Gasteiger partial charge in [0.05, 0.1) is 71.9 Å². The van der Waals surface area contributed by atoms with Crippen LogP contribution in [0.4, 0.5) is 24.5 Å². The number of hydrogen-bond acceptors (Lipinski definition) is 7. The first-order valence-corrected chi connectivity index (χ1v) is 41.6. The number of alkyl halides is 3. The molecule has 531 valence electrons. The fraction of sp³-hybridized carbons (Fsp3) is 0.179. The van der Waals surface area contributed by atoms with Gasteiger partial charge < -0.3 is 24.5 Å². The van der Waals surface area contributed by atoms with Gasteiger partial charge in [-0.2, -0.15) is 56.8 Å². The van der Waals surface area contributed by atoms with Gasteiger partial charge in [-0.25, -0.2) is 5.10 Å². The van der Waals surface area contributed by atoms with E-state index in [1.54, 1.807) is 18.5 Å². The molecule has 0 N–H and O–H groups in total. The van der Waals surface area contributed by atoms with Crippen LogP contribution in [0.2, 0.25) is 0 Å². The van der Waals surface area contributed by atoms with Crippen LogP contribution in [-0.4, -0.2) is 109 Å². The molecule has 5 aromatic heterocycles. The molecule has 1 aliphatic rings. The monoisotopic (exact) mass is 2300 g/mol. The molecule has 7 aromatic carbocycles. The van der Waals surface area contributed by atoms with Crippen LogP contribution >= 0.6 is 30.4 Å². The Morgan fingerprint density at radius 3 is 1.66 bits per heavy atom. The van der Waals surface area contributed by atoms with Crippen LogP contribution in [0, 0.1) is 37.0 Å². The van der Waals surface area contributed by atoms with Crippen molar-refractivity contribution in [3.8, 4) is 45.1 Å². The summed E-state index contributed by atoms with van der Waals surface area (Å²) in [5.74, 6) is 0. The van der Waals surface area contributed by atoms with Gasteiger partial charge in [-0.1, -0.05) is 60.7 Å². The third-order valence-corrected chi connectivity index (χ3v) is 21.4. The van der Waals surface area contributed by atoms with Gasteiger partial charge in [0.15, 0.2) is 12.4 Å². The first-order chi connectivity index (χ1) is 45.6. The van der Waals surface area contributed by atoms with E-state index >= 15 is 0 Å². The van der Waals surface area contributed by atoms with E-state index in [2.05, 4.69) is 253 Å². The Hall–Kier alpha value is -5.27. The van der Waals surface area contributed by atoms with Gasteiger partial charge in [0.25, 0.3) is 0 Å². The van der Waals surface area contributed by atoms with E-state index < -0.39 is 28.1 Å². The molecule has 100 heavy (non-hydrogen) atoms. The number of pyridine rings is 3. The number of fused-ring (bicyclic) bond motifs is 1. The van der Waals surface area contributed by atoms with Crippen LogP contribution in [-0.2, 0) is 112 Å². The van der Waals surface area contributed by atoms with Crippen molar-refractivity contribution < 1.29 is 123 Å². The smallest absolute Gasteiger partial charge is 0.500 e. The number of ether oxygens (including phenoxy) is 1. The van der Waals surface area contributed by atoms with E-state index in [1.807, 2.05) is 115 Å². The van der Waals surface area contributed by atoms with Gasteiger partial charge in [0.1, 0.15) is 5.69 Å². The average Bonchev–Trinajstić information content (AvgIpc) is 1.31. The fourth-order valence-corrected chi connectivity index (χ4v) is 13.6. The number of aromatic nitrogens is 7. The summed E-state index contributed by atoms with van der Waals surface area (Å²) < 4.78 is 46.8. The third-order valence-electron chi connectivity index (χ3n) is 14.7. The minimum Gasteiger partial charge on any atom is -0.500 e. The van der Waals surface area contributed by atoms with Crippen molar-refractivity contribution in [3.63, 3.8) is 0 Å². The largest absolute Gasteiger partial charge is 0.503 e. The summed E-state index contributed by atoms with van der Waals surface area (Å²) in [6.07, 6.45) is 13.2. The van der Waals surface area contributed by atoms with Crippen LogP contribution < -0.4 is 35.6 Å². The molecule has 0 amide bonds. The van der Waals surface area contributed by atoms with E-state index in [9.17, 15) is 13.2 Å². The summed E-state index contributed by atoms with van der Waals surface area (Å²) in [6, 6.07) is 82.6. The van der Waals surface area contributed by atoms with Crippen LogP contribution in [0.3, 0.4) is 0 Å². The summed E-state index contributed by atoms with van der Waals surface area (Å²) in [5.41, 5.74) is 9.21. The normalized spacial score (nSPS) is 11.7. The Labute approximate surface area is 660 Å². The molecular weight excluding hydrogens is 2220 g/mol. The number of hydrogen-bond donors (Lipinski definition) is 0. The zero-order valence-corrected chi connectivity index (χ0v) is 72.7. The molecule has 0 fully saturated rings. The van der Waals surface area contributed by atoms with Crippen molar-refractivity contribution >= 4 is 73.7 Å². The van der Waals surface area contributed by atoms with Crippen molar-refractivity contribution in [1.82, 2.24) is 29.5 Å². The fourth-order valence-electron chi connectivity index (χ4n) is 9.54. The quantitative estimate of drug-likeness (QED) is 0.0438. The Morgan fingerprint density at radius 1 is 0.510 bits per heavy atom. The summed E-state index contributed by atoms with van der Waals surface area (Å²) in [4.78, 5) is 12.9. The zero-order chi connectivity index (χ0) is 67.4. The number of nitrogens with zero attached hydrogens (tertiary/aromatic N) is 9. The maximum atomic E-state index is 12.5. The third kappa shape index (κ3) is 26.5. The van der Waals surface area contributed by atoms with Gasteiger partial charge in [0, 0.05) is 188 Å². The molecule has 12 aromatic rings. The molecule has 0 aliphatic carbocycles. The SMILES string of the molecule is CCOCCPc1cc[c-]c(-c2ccccn2)c1.C[P+](C)(C)c1cc[c-]c(-c2ccn(C(F)(F)F)n2)c1.C[P+](C)(C)c1cc[c-]c(-n2cccn2)c1.C[P+](C)(C)c1ccc(N2C=CN(c3[c-]cccc3)[CH-]2)cc1.[Ir].[Ir].[Ir].[Ir].[Ir].[c-]1ccc(-[n+]2ccc3ccccc3c2)cc1-c1ccccn1. The van der Waals surface area contributed by atoms with Crippen molar-refractivity contribution in [2.45, 2.75) is 13.2 Å². The van der Waals surface area contributed by atoms with E-state index in [4.69, 9.17) is 4.74 Å². The van der Waals surface area contributed by atoms with E-state index in [0.29, 0.717) is 5.56 Å². The van der Waals surface area contributed by atoms with Crippen molar-refractivity contribution in [1.29, 1.82) is 0 Å². The molecule has 5 radical (unpaired) electrons. The molecule has 0 saturated heterocycles. The Kier molecular flexibility index (Phi) is 36.5. The van der Waals surface area contributed by atoms with Crippen LogP contribution in [0.5, 0.6) is 0 Å². The molecule has 10 nitrogen and oxygen atoms in total. The minimum atomic E-state index is -4.48. The molecular formula is C78H80F3Ir5N9OP4-2. The first kappa shape index (κ1) is 87.1. The second-order valence-corrected chi connectivity index (χ2v) is 39.5. The average molecular weight is 2300 g/mol. The predicted octanol–water partition coefficient (Wildman–Crippen LogP) is 16.4. The molecule has 22 heteroatoms. The Morgan fingerprint density at radius 2 is 1.08 bits per heavy atom. The number of anilines is 2. The van der Waals surface area contributed by atoms with Gasteiger partial charge in [-0.15, -0.1) is 129 Å². The molecule has 13 rings (SSSR count). The molecule has 1 atom stereocenters. The molecule has 0 bridgehead atoms. The summed E-state index contributed by atoms with van der Waals surface area (Å²) in [6.45, 7) is 26.2. The van der Waals surface area contributed by atoms with Crippen LogP contribution in [0.25, 0.3) is 55.9 Å². The van der Waals surface area contributed by atoms with Crippen molar-refractivity contribution in [2.75, 3.05) is 89.2 Å². The van der Waals surface area contributed by atoms with E-state index in [0.717, 1.165) is 79.0 Å². The van der Waals surface area contributed by atoms with Gasteiger partial charge >= 0.3 is 6.30 Å². The molecule has 1 aliphatic heterocycles. The number of para-hydroxylation sites is 1.